The highest BCUT2D eigenvalue weighted by molar-refractivity contribution is 6.33. The third-order valence-electron chi connectivity index (χ3n) is 3.76. The Labute approximate surface area is 146 Å². The lowest BCUT2D eigenvalue weighted by atomic mass is 9.95. The second-order valence-electron chi connectivity index (χ2n) is 7.11. The highest BCUT2D eigenvalue weighted by Gasteiger charge is 2.21. The van der Waals surface area contributed by atoms with Crippen LogP contribution < -0.4 is 5.32 Å². The van der Waals surface area contributed by atoms with Gasteiger partial charge in [0.05, 0.1) is 10.7 Å². The van der Waals surface area contributed by atoms with Crippen molar-refractivity contribution in [3.8, 4) is 0 Å². The van der Waals surface area contributed by atoms with Gasteiger partial charge >= 0.3 is 0 Å². The summed E-state index contributed by atoms with van der Waals surface area (Å²) in [5.74, 6) is -0.0239. The minimum absolute atomic E-state index is 0.0239. The third kappa shape index (κ3) is 6.92. The number of hydrogen-bond acceptors (Lipinski definition) is 2. The number of amides is 1. The van der Waals surface area contributed by atoms with Gasteiger partial charge in [-0.1, -0.05) is 52.3 Å². The number of hydrogen-bond donors (Lipinski definition) is 1. The molecule has 1 rings (SSSR count). The SMILES string of the molecule is CCCN(CCC)CCc1ccc(NC(=O)C(C)(C)C)c(Cl)c1. The topological polar surface area (TPSA) is 32.3 Å². The van der Waals surface area contributed by atoms with Crippen LogP contribution in [0.15, 0.2) is 18.2 Å². The fraction of sp³-hybridized carbons (Fsp3) is 0.632. The van der Waals surface area contributed by atoms with Gasteiger partial charge in [0.1, 0.15) is 0 Å². The van der Waals surface area contributed by atoms with E-state index in [-0.39, 0.29) is 5.91 Å². The summed E-state index contributed by atoms with van der Waals surface area (Å²) in [6.45, 7) is 13.4. The van der Waals surface area contributed by atoms with Gasteiger partial charge < -0.3 is 10.2 Å². The standard InChI is InChI=1S/C19H31ClN2O/c1-6-11-22(12-7-2)13-10-15-8-9-17(16(20)14-15)21-18(23)19(3,4)5/h8-9,14H,6-7,10-13H2,1-5H3,(H,21,23). The van der Waals surface area contributed by atoms with Gasteiger partial charge in [0, 0.05) is 12.0 Å². The van der Waals surface area contributed by atoms with Crippen LogP contribution in [0.2, 0.25) is 5.02 Å². The minimum Gasteiger partial charge on any atom is -0.324 e. The van der Waals surface area contributed by atoms with Gasteiger partial charge in [0.2, 0.25) is 5.91 Å². The van der Waals surface area contributed by atoms with Gasteiger partial charge in [-0.05, 0) is 50.0 Å². The summed E-state index contributed by atoms with van der Waals surface area (Å²) >= 11 is 6.33. The van der Waals surface area contributed by atoms with E-state index in [1.807, 2.05) is 32.9 Å². The largest absolute Gasteiger partial charge is 0.324 e. The fourth-order valence-electron chi connectivity index (χ4n) is 2.38. The van der Waals surface area contributed by atoms with Crippen molar-refractivity contribution in [2.24, 2.45) is 5.41 Å². The quantitative estimate of drug-likeness (QED) is 0.724. The molecule has 3 nitrogen and oxygen atoms in total. The first-order chi connectivity index (χ1) is 10.8. The van der Waals surface area contributed by atoms with Gasteiger partial charge in [-0.25, -0.2) is 0 Å². The van der Waals surface area contributed by atoms with E-state index in [2.05, 4.69) is 30.1 Å². The molecule has 0 unspecified atom stereocenters. The molecule has 0 saturated carbocycles. The Morgan fingerprint density at radius 1 is 1.13 bits per heavy atom. The van der Waals surface area contributed by atoms with E-state index in [0.717, 1.165) is 26.1 Å². The number of nitrogens with one attached hydrogen (secondary N) is 1. The summed E-state index contributed by atoms with van der Waals surface area (Å²) in [5, 5.41) is 3.51. The second kappa shape index (κ2) is 9.29. The van der Waals surface area contributed by atoms with E-state index in [1.54, 1.807) is 0 Å². The number of benzene rings is 1. The summed E-state index contributed by atoms with van der Waals surface area (Å²) in [6, 6.07) is 5.93. The van der Waals surface area contributed by atoms with Crippen LogP contribution in [-0.2, 0) is 11.2 Å². The van der Waals surface area contributed by atoms with Gasteiger partial charge in [-0.15, -0.1) is 0 Å². The smallest absolute Gasteiger partial charge is 0.229 e. The van der Waals surface area contributed by atoms with Crippen molar-refractivity contribution in [2.75, 3.05) is 25.0 Å². The number of halogens is 1. The monoisotopic (exact) mass is 338 g/mol. The molecule has 1 N–H and O–H groups in total. The molecule has 0 heterocycles. The molecule has 4 heteroatoms. The van der Waals surface area contributed by atoms with Crippen molar-refractivity contribution in [2.45, 2.75) is 53.9 Å². The normalized spacial score (nSPS) is 11.8. The van der Waals surface area contributed by atoms with Crippen molar-refractivity contribution in [1.82, 2.24) is 4.90 Å². The molecule has 0 fully saturated rings. The van der Waals surface area contributed by atoms with Crippen LogP contribution in [-0.4, -0.2) is 30.4 Å². The van der Waals surface area contributed by atoms with Crippen molar-refractivity contribution in [3.63, 3.8) is 0 Å². The first-order valence-electron chi connectivity index (χ1n) is 8.60. The van der Waals surface area contributed by atoms with Gasteiger partial charge in [-0.3, -0.25) is 4.79 Å². The third-order valence-corrected chi connectivity index (χ3v) is 4.07. The molecule has 0 atom stereocenters. The van der Waals surface area contributed by atoms with Crippen LogP contribution in [0.4, 0.5) is 5.69 Å². The van der Waals surface area contributed by atoms with E-state index in [9.17, 15) is 4.79 Å². The first-order valence-corrected chi connectivity index (χ1v) is 8.98. The zero-order valence-corrected chi connectivity index (χ0v) is 16.0. The maximum Gasteiger partial charge on any atom is 0.229 e. The molecule has 0 spiro atoms. The number of nitrogens with zero attached hydrogens (tertiary/aromatic N) is 1. The summed E-state index contributed by atoms with van der Waals surface area (Å²) in [4.78, 5) is 14.5. The second-order valence-corrected chi connectivity index (χ2v) is 7.52. The number of rotatable bonds is 8. The Hall–Kier alpha value is -1.06. The van der Waals surface area contributed by atoms with Crippen molar-refractivity contribution in [3.05, 3.63) is 28.8 Å². The molecule has 0 aliphatic heterocycles. The van der Waals surface area contributed by atoms with Crippen LogP contribution in [0.1, 0.15) is 53.0 Å². The highest BCUT2D eigenvalue weighted by Crippen LogP contribution is 2.25. The van der Waals surface area contributed by atoms with E-state index < -0.39 is 5.41 Å². The molecule has 1 aromatic carbocycles. The maximum absolute atomic E-state index is 12.1. The van der Waals surface area contributed by atoms with E-state index in [0.29, 0.717) is 10.7 Å². The van der Waals surface area contributed by atoms with Crippen molar-refractivity contribution >= 4 is 23.2 Å². The predicted octanol–water partition coefficient (Wildman–Crippen LogP) is 4.99. The molecule has 130 valence electrons. The lowest BCUT2D eigenvalue weighted by Gasteiger charge is -2.21. The van der Waals surface area contributed by atoms with Gasteiger partial charge in [0.15, 0.2) is 0 Å². The summed E-state index contributed by atoms with van der Waals surface area (Å²) in [7, 11) is 0. The Morgan fingerprint density at radius 3 is 2.22 bits per heavy atom. The number of carbonyl (C=O) groups excluding carboxylic acids is 1. The van der Waals surface area contributed by atoms with Gasteiger partial charge in [0.25, 0.3) is 0 Å². The average Bonchev–Trinajstić information content (AvgIpc) is 2.46. The molecule has 0 saturated heterocycles. The fourth-order valence-corrected chi connectivity index (χ4v) is 2.63. The highest BCUT2D eigenvalue weighted by atomic mass is 35.5. The summed E-state index contributed by atoms with van der Waals surface area (Å²) in [5.41, 5.74) is 1.47. The van der Waals surface area contributed by atoms with Crippen LogP contribution in [0.5, 0.6) is 0 Å². The molecule has 0 bridgehead atoms. The van der Waals surface area contributed by atoms with Gasteiger partial charge in [-0.2, -0.15) is 0 Å². The Balaban J connectivity index is 2.67. The number of anilines is 1. The summed E-state index contributed by atoms with van der Waals surface area (Å²) in [6.07, 6.45) is 3.34. The first kappa shape index (κ1) is 20.0. The molecular weight excluding hydrogens is 308 g/mol. The lowest BCUT2D eigenvalue weighted by Crippen LogP contribution is -2.28. The molecule has 0 aromatic heterocycles. The molecule has 1 aromatic rings. The van der Waals surface area contributed by atoms with Crippen molar-refractivity contribution < 1.29 is 4.79 Å². The van der Waals surface area contributed by atoms with E-state index in [1.165, 1.54) is 18.4 Å². The van der Waals surface area contributed by atoms with Crippen LogP contribution >= 0.6 is 11.6 Å². The Morgan fingerprint density at radius 2 is 1.74 bits per heavy atom. The lowest BCUT2D eigenvalue weighted by molar-refractivity contribution is -0.123. The molecule has 0 radical (unpaired) electrons. The molecule has 23 heavy (non-hydrogen) atoms. The molecule has 0 aliphatic carbocycles. The van der Waals surface area contributed by atoms with E-state index in [4.69, 9.17) is 11.6 Å². The molecule has 0 aliphatic rings. The van der Waals surface area contributed by atoms with Crippen molar-refractivity contribution in [1.29, 1.82) is 0 Å². The van der Waals surface area contributed by atoms with Crippen LogP contribution in [0.3, 0.4) is 0 Å². The average molecular weight is 339 g/mol. The molecular formula is C19H31ClN2O. The summed E-state index contributed by atoms with van der Waals surface area (Å²) < 4.78 is 0. The Bertz CT molecular complexity index is 503. The zero-order chi connectivity index (χ0) is 17.5. The predicted molar refractivity (Wildman–Crippen MR) is 100 cm³/mol. The minimum atomic E-state index is -0.428. The van der Waals surface area contributed by atoms with Crippen LogP contribution in [0, 0.1) is 5.41 Å². The maximum atomic E-state index is 12.1. The zero-order valence-electron chi connectivity index (χ0n) is 15.2. The molecule has 1 amide bonds. The Kier molecular flexibility index (Phi) is 8.07. The van der Waals surface area contributed by atoms with E-state index >= 15 is 0 Å². The number of carbonyl (C=O) groups is 1. The van der Waals surface area contributed by atoms with Crippen LogP contribution in [0.25, 0.3) is 0 Å².